The Morgan fingerprint density at radius 3 is 2.32 bits per heavy atom. The first-order valence-corrected chi connectivity index (χ1v) is 8.31. The van der Waals surface area contributed by atoms with Crippen LogP contribution in [0.25, 0.3) is 0 Å². The highest BCUT2D eigenvalue weighted by molar-refractivity contribution is 8.15. The largest absolute Gasteiger partial charge is 0.485 e. The Morgan fingerprint density at radius 2 is 1.72 bits per heavy atom. The molecule has 0 radical (unpaired) electrons. The Kier molecular flexibility index (Phi) is 6.61. The molecule has 1 fully saturated rings. The molecule has 1 N–H and O–H groups in total. The molecule has 0 bridgehead atoms. The van der Waals surface area contributed by atoms with E-state index in [1.807, 2.05) is 30.3 Å². The molecule has 1 saturated heterocycles. The highest BCUT2D eigenvalue weighted by atomic mass is 35.5. The smallest absolute Gasteiger partial charge is 0.286 e. The van der Waals surface area contributed by atoms with Crippen molar-refractivity contribution in [3.05, 3.63) is 65.7 Å². The second-order valence-electron chi connectivity index (χ2n) is 5.31. The van der Waals surface area contributed by atoms with Gasteiger partial charge in [0.25, 0.3) is 5.24 Å². The fourth-order valence-electron chi connectivity index (χ4n) is 2.32. The summed E-state index contributed by atoms with van der Waals surface area (Å²) in [6.07, 6.45) is 0.478. The van der Waals surface area contributed by atoms with Gasteiger partial charge in [-0.15, -0.1) is 12.4 Å². The Balaban J connectivity index is 0.00000225. The first-order chi connectivity index (χ1) is 11.6. The van der Waals surface area contributed by atoms with Crippen molar-refractivity contribution in [1.29, 1.82) is 0 Å². The van der Waals surface area contributed by atoms with Gasteiger partial charge in [0.05, 0.1) is 5.25 Å². The zero-order valence-electron chi connectivity index (χ0n) is 13.1. The number of hydrogen-bond acceptors (Lipinski definition) is 5. The Bertz CT molecular complexity index is 764. The maximum Gasteiger partial charge on any atom is 0.286 e. The van der Waals surface area contributed by atoms with Crippen LogP contribution in [0.2, 0.25) is 0 Å². The average Bonchev–Trinajstić information content (AvgIpc) is 2.92. The van der Waals surface area contributed by atoms with Gasteiger partial charge in [-0.05, 0) is 24.1 Å². The van der Waals surface area contributed by atoms with Gasteiger partial charge in [-0.1, -0.05) is 54.2 Å². The molecule has 0 spiro atoms. The highest BCUT2D eigenvalue weighted by Gasteiger charge is 2.31. The molecule has 0 aliphatic carbocycles. The van der Waals surface area contributed by atoms with Crippen LogP contribution in [0.3, 0.4) is 0 Å². The predicted molar refractivity (Wildman–Crippen MR) is 98.6 cm³/mol. The van der Waals surface area contributed by atoms with Crippen molar-refractivity contribution in [3.63, 3.8) is 0 Å². The van der Waals surface area contributed by atoms with Crippen LogP contribution in [-0.4, -0.2) is 28.8 Å². The monoisotopic (exact) mass is 377 g/mol. The third-order valence-corrected chi connectivity index (χ3v) is 4.56. The number of imide groups is 1. The summed E-state index contributed by atoms with van der Waals surface area (Å²) in [7, 11) is 0. The van der Waals surface area contributed by atoms with Gasteiger partial charge >= 0.3 is 0 Å². The lowest BCUT2D eigenvalue weighted by atomic mass is 10.1. The van der Waals surface area contributed by atoms with Crippen LogP contribution >= 0.6 is 24.2 Å². The number of carbonyl (C=O) groups is 3. The number of amides is 2. The number of thioether (sulfide) groups is 1. The molecule has 2 aromatic rings. The van der Waals surface area contributed by atoms with Crippen LogP contribution in [0.5, 0.6) is 5.75 Å². The minimum Gasteiger partial charge on any atom is -0.485 e. The average molecular weight is 378 g/mol. The van der Waals surface area contributed by atoms with Gasteiger partial charge in [-0.3, -0.25) is 19.7 Å². The molecule has 5 nitrogen and oxygen atoms in total. The molecule has 25 heavy (non-hydrogen) atoms. The molecular formula is C18H16ClNO4S. The number of Topliss-reactive ketones (excluding diaryl/α,β-unsaturated/α-hetero) is 1. The van der Waals surface area contributed by atoms with E-state index in [2.05, 4.69) is 5.32 Å². The van der Waals surface area contributed by atoms with Gasteiger partial charge in [-0.25, -0.2) is 0 Å². The van der Waals surface area contributed by atoms with E-state index in [1.54, 1.807) is 24.3 Å². The Hall–Kier alpha value is -2.31. The van der Waals surface area contributed by atoms with E-state index in [4.69, 9.17) is 4.74 Å². The molecule has 2 amide bonds. The topological polar surface area (TPSA) is 72.5 Å². The molecule has 0 aromatic heterocycles. The van der Waals surface area contributed by atoms with Crippen LogP contribution in [-0.2, 0) is 11.2 Å². The van der Waals surface area contributed by atoms with E-state index in [-0.39, 0.29) is 41.2 Å². The van der Waals surface area contributed by atoms with Crippen LogP contribution in [0.15, 0.2) is 54.6 Å². The van der Waals surface area contributed by atoms with Crippen molar-refractivity contribution in [1.82, 2.24) is 5.32 Å². The van der Waals surface area contributed by atoms with Gasteiger partial charge in [0.1, 0.15) is 5.75 Å². The third-order valence-electron chi connectivity index (χ3n) is 3.58. The summed E-state index contributed by atoms with van der Waals surface area (Å²) in [5.74, 6) is 0.249. The van der Waals surface area contributed by atoms with Gasteiger partial charge < -0.3 is 4.74 Å². The first kappa shape index (κ1) is 19.0. The normalized spacial score (nSPS) is 16.1. The molecule has 1 heterocycles. The number of halogens is 1. The first-order valence-electron chi connectivity index (χ1n) is 7.43. The summed E-state index contributed by atoms with van der Waals surface area (Å²) in [5, 5.41) is 1.58. The Labute approximate surface area is 155 Å². The van der Waals surface area contributed by atoms with Gasteiger partial charge in [0.2, 0.25) is 5.91 Å². The number of benzene rings is 2. The van der Waals surface area contributed by atoms with Crippen LogP contribution in [0, 0.1) is 0 Å². The maximum atomic E-state index is 12.0. The SMILES string of the molecule is Cl.O=C1NC(=O)C(Cc2ccc(OCC(=O)c3ccccc3)cc2)S1. The number of ether oxygens (including phenoxy) is 1. The molecule has 1 aliphatic heterocycles. The lowest BCUT2D eigenvalue weighted by Gasteiger charge is -2.08. The molecule has 7 heteroatoms. The number of rotatable bonds is 6. The molecule has 3 rings (SSSR count). The van der Waals surface area contributed by atoms with Gasteiger partial charge in [-0.2, -0.15) is 0 Å². The number of nitrogens with one attached hydrogen (secondary N) is 1. The van der Waals surface area contributed by atoms with E-state index in [1.165, 1.54) is 0 Å². The summed E-state index contributed by atoms with van der Waals surface area (Å²) in [5.41, 5.74) is 1.54. The van der Waals surface area contributed by atoms with Crippen molar-refractivity contribution in [2.45, 2.75) is 11.7 Å². The minimum atomic E-state index is -0.385. The van der Waals surface area contributed by atoms with Gasteiger partial charge in [0, 0.05) is 5.56 Å². The highest BCUT2D eigenvalue weighted by Crippen LogP contribution is 2.23. The van der Waals surface area contributed by atoms with Crippen LogP contribution in [0.4, 0.5) is 4.79 Å². The third kappa shape index (κ3) is 5.08. The van der Waals surface area contributed by atoms with Crippen molar-refractivity contribution >= 4 is 41.1 Å². The molecule has 2 aromatic carbocycles. The lowest BCUT2D eigenvalue weighted by molar-refractivity contribution is -0.118. The summed E-state index contributed by atoms with van der Waals surface area (Å²) in [4.78, 5) is 34.7. The molecule has 1 atom stereocenters. The van der Waals surface area contributed by atoms with Crippen LogP contribution in [0.1, 0.15) is 15.9 Å². The van der Waals surface area contributed by atoms with Crippen molar-refractivity contribution < 1.29 is 19.1 Å². The van der Waals surface area contributed by atoms with Gasteiger partial charge in [0.15, 0.2) is 12.4 Å². The predicted octanol–water partition coefficient (Wildman–Crippen LogP) is 3.26. The molecule has 1 aliphatic rings. The molecule has 0 saturated carbocycles. The standard InChI is InChI=1S/C18H15NO4S.ClH/c20-15(13-4-2-1-3-5-13)11-23-14-8-6-12(7-9-14)10-16-17(21)19-18(22)24-16;/h1-9,16H,10-11H2,(H,19,21,22);1H. The van der Waals surface area contributed by atoms with E-state index in [9.17, 15) is 14.4 Å². The van der Waals surface area contributed by atoms with E-state index >= 15 is 0 Å². The summed E-state index contributed by atoms with van der Waals surface area (Å²) in [6, 6.07) is 16.2. The summed E-state index contributed by atoms with van der Waals surface area (Å²) < 4.78 is 5.50. The van der Waals surface area contributed by atoms with Crippen molar-refractivity contribution in [2.75, 3.05) is 6.61 Å². The van der Waals surface area contributed by atoms with Crippen molar-refractivity contribution in [3.8, 4) is 5.75 Å². The zero-order chi connectivity index (χ0) is 16.9. The molecular weight excluding hydrogens is 362 g/mol. The fourth-order valence-corrected chi connectivity index (χ4v) is 3.18. The second-order valence-corrected chi connectivity index (χ2v) is 6.48. The molecule has 1 unspecified atom stereocenters. The summed E-state index contributed by atoms with van der Waals surface area (Å²) in [6.45, 7) is -0.0290. The van der Waals surface area contributed by atoms with Crippen LogP contribution < -0.4 is 10.1 Å². The minimum absolute atomic E-state index is 0. The zero-order valence-corrected chi connectivity index (χ0v) is 14.8. The number of hydrogen-bond donors (Lipinski definition) is 1. The summed E-state index contributed by atoms with van der Waals surface area (Å²) >= 11 is 1.01. The van der Waals surface area contributed by atoms with E-state index in [0.29, 0.717) is 17.7 Å². The fraction of sp³-hybridized carbons (Fsp3) is 0.167. The quantitative estimate of drug-likeness (QED) is 0.782. The van der Waals surface area contributed by atoms with Crippen molar-refractivity contribution in [2.24, 2.45) is 0 Å². The maximum absolute atomic E-state index is 12.0. The number of carbonyl (C=O) groups excluding carboxylic acids is 3. The lowest BCUT2D eigenvalue weighted by Crippen LogP contribution is -2.25. The van der Waals surface area contributed by atoms with E-state index < -0.39 is 0 Å². The molecule has 130 valence electrons. The number of ketones is 1. The Morgan fingerprint density at radius 1 is 1.04 bits per heavy atom. The van der Waals surface area contributed by atoms with E-state index in [0.717, 1.165) is 17.3 Å². The second kappa shape index (κ2) is 8.69.